The lowest BCUT2D eigenvalue weighted by Gasteiger charge is -2.02. The number of carboxylic acid groups (broad SMARTS) is 1. The zero-order chi connectivity index (χ0) is 13.3. The summed E-state index contributed by atoms with van der Waals surface area (Å²) in [5, 5.41) is 11.4. The molecule has 0 saturated heterocycles. The fraction of sp³-hybridized carbons (Fsp3) is 0.167. The molecule has 2 aromatic rings. The van der Waals surface area contributed by atoms with E-state index in [9.17, 15) is 14.0 Å². The molecular formula is C12H11FN2O3. The number of rotatable bonds is 3. The van der Waals surface area contributed by atoms with Crippen LogP contribution in [0.5, 0.6) is 0 Å². The van der Waals surface area contributed by atoms with Gasteiger partial charge in [0.05, 0.1) is 12.0 Å². The molecule has 1 heterocycles. The van der Waals surface area contributed by atoms with E-state index in [0.717, 1.165) is 4.68 Å². The van der Waals surface area contributed by atoms with Crippen molar-refractivity contribution >= 4 is 5.97 Å². The van der Waals surface area contributed by atoms with Crippen LogP contribution in [0.2, 0.25) is 0 Å². The zero-order valence-electron chi connectivity index (χ0n) is 9.61. The first kappa shape index (κ1) is 12.1. The van der Waals surface area contributed by atoms with Crippen molar-refractivity contribution in [2.45, 2.75) is 13.3 Å². The normalized spacial score (nSPS) is 10.6. The highest BCUT2D eigenvalue weighted by Crippen LogP contribution is 2.11. The van der Waals surface area contributed by atoms with Gasteiger partial charge in [0.2, 0.25) is 0 Å². The molecule has 0 aliphatic carbocycles. The van der Waals surface area contributed by atoms with E-state index in [0.29, 0.717) is 5.69 Å². The van der Waals surface area contributed by atoms with Crippen LogP contribution in [0.4, 0.5) is 4.39 Å². The average Bonchev–Trinajstić information content (AvgIpc) is 2.57. The molecular weight excluding hydrogens is 239 g/mol. The summed E-state index contributed by atoms with van der Waals surface area (Å²) in [6.07, 6.45) is -0.386. The quantitative estimate of drug-likeness (QED) is 0.860. The summed E-state index contributed by atoms with van der Waals surface area (Å²) < 4.78 is 14.6. The van der Waals surface area contributed by atoms with Crippen LogP contribution in [0, 0.1) is 12.7 Å². The van der Waals surface area contributed by atoms with Crippen molar-refractivity contribution in [1.29, 1.82) is 0 Å². The summed E-state index contributed by atoms with van der Waals surface area (Å²) in [4.78, 5) is 22.6. The first-order valence-corrected chi connectivity index (χ1v) is 5.28. The first-order chi connectivity index (χ1) is 8.50. The second-order valence-corrected chi connectivity index (χ2v) is 3.88. The Kier molecular flexibility index (Phi) is 3.01. The van der Waals surface area contributed by atoms with Crippen molar-refractivity contribution in [2.75, 3.05) is 0 Å². The minimum Gasteiger partial charge on any atom is -0.481 e. The Balaban J connectivity index is 2.58. The van der Waals surface area contributed by atoms with Crippen LogP contribution in [0.25, 0.3) is 5.69 Å². The molecule has 0 saturated carbocycles. The Hall–Kier alpha value is -2.37. The van der Waals surface area contributed by atoms with Gasteiger partial charge in [0, 0.05) is 5.69 Å². The Labute approximate surface area is 101 Å². The van der Waals surface area contributed by atoms with Crippen molar-refractivity contribution in [2.24, 2.45) is 0 Å². The van der Waals surface area contributed by atoms with Crippen LogP contribution >= 0.6 is 0 Å². The highest BCUT2D eigenvalue weighted by molar-refractivity contribution is 5.70. The molecule has 94 valence electrons. The number of aromatic nitrogens is 2. The summed E-state index contributed by atoms with van der Waals surface area (Å²) in [6, 6.07) is 5.78. The maximum Gasteiger partial charge on any atom is 0.308 e. The van der Waals surface area contributed by atoms with E-state index >= 15 is 0 Å². The maximum atomic E-state index is 13.6. The van der Waals surface area contributed by atoms with Gasteiger partial charge in [0.15, 0.2) is 0 Å². The Morgan fingerprint density at radius 2 is 2.11 bits per heavy atom. The number of para-hydroxylation sites is 1. The number of aliphatic carboxylic acids is 1. The van der Waals surface area contributed by atoms with Gasteiger partial charge in [-0.05, 0) is 19.1 Å². The molecule has 1 aromatic carbocycles. The molecule has 0 atom stereocenters. The van der Waals surface area contributed by atoms with Crippen LogP contribution < -0.4 is 5.56 Å². The van der Waals surface area contributed by atoms with Gasteiger partial charge >= 0.3 is 5.97 Å². The number of hydrogen-bond donors (Lipinski definition) is 2. The van der Waals surface area contributed by atoms with Gasteiger partial charge < -0.3 is 5.11 Å². The number of hydrogen-bond acceptors (Lipinski definition) is 2. The number of halogens is 1. The van der Waals surface area contributed by atoms with Crippen LogP contribution in [0.3, 0.4) is 0 Å². The topological polar surface area (TPSA) is 75.1 Å². The summed E-state index contributed by atoms with van der Waals surface area (Å²) in [5.41, 5.74) is 0.0821. The van der Waals surface area contributed by atoms with Crippen LogP contribution in [0.1, 0.15) is 11.3 Å². The summed E-state index contributed by atoms with van der Waals surface area (Å²) >= 11 is 0. The summed E-state index contributed by atoms with van der Waals surface area (Å²) in [7, 11) is 0. The number of nitrogens with zero attached hydrogens (tertiary/aromatic N) is 1. The molecule has 0 aliphatic heterocycles. The number of carboxylic acids is 1. The van der Waals surface area contributed by atoms with E-state index in [2.05, 4.69) is 5.10 Å². The van der Waals surface area contributed by atoms with Crippen molar-refractivity contribution in [3.05, 3.63) is 51.7 Å². The number of aryl methyl sites for hydroxylation is 1. The zero-order valence-corrected chi connectivity index (χ0v) is 9.61. The number of nitrogens with one attached hydrogen (secondary N) is 1. The molecule has 1 aromatic heterocycles. The molecule has 2 N–H and O–H groups in total. The lowest BCUT2D eigenvalue weighted by Crippen LogP contribution is -2.20. The predicted octanol–water partition coefficient (Wildman–Crippen LogP) is 1.24. The highest BCUT2D eigenvalue weighted by Gasteiger charge is 2.16. The molecule has 5 nitrogen and oxygen atoms in total. The van der Waals surface area contributed by atoms with Crippen molar-refractivity contribution in [3.63, 3.8) is 0 Å². The monoisotopic (exact) mass is 250 g/mol. The van der Waals surface area contributed by atoms with Crippen LogP contribution in [0.15, 0.2) is 29.1 Å². The molecule has 0 aliphatic rings. The van der Waals surface area contributed by atoms with Gasteiger partial charge in [-0.15, -0.1) is 0 Å². The minimum absolute atomic E-state index is 0.0715. The van der Waals surface area contributed by atoms with Gasteiger partial charge in [-0.2, -0.15) is 0 Å². The second kappa shape index (κ2) is 4.48. The third kappa shape index (κ3) is 2.04. The number of H-pyrrole nitrogens is 1. The largest absolute Gasteiger partial charge is 0.481 e. The third-order valence-electron chi connectivity index (χ3n) is 2.61. The van der Waals surface area contributed by atoms with Crippen LogP contribution in [-0.2, 0) is 11.2 Å². The predicted molar refractivity (Wildman–Crippen MR) is 62.4 cm³/mol. The SMILES string of the molecule is Cc1[nH]n(-c2ccccc2F)c(=O)c1CC(=O)O. The van der Waals surface area contributed by atoms with E-state index in [1.807, 2.05) is 0 Å². The molecule has 18 heavy (non-hydrogen) atoms. The van der Waals surface area contributed by atoms with Crippen molar-refractivity contribution < 1.29 is 14.3 Å². The Morgan fingerprint density at radius 1 is 1.44 bits per heavy atom. The van der Waals surface area contributed by atoms with E-state index in [-0.39, 0.29) is 17.7 Å². The highest BCUT2D eigenvalue weighted by atomic mass is 19.1. The summed E-state index contributed by atoms with van der Waals surface area (Å²) in [5.74, 6) is -1.65. The van der Waals surface area contributed by atoms with Crippen LogP contribution in [-0.4, -0.2) is 20.9 Å². The lowest BCUT2D eigenvalue weighted by atomic mass is 10.2. The summed E-state index contributed by atoms with van der Waals surface area (Å²) in [6.45, 7) is 1.58. The van der Waals surface area contributed by atoms with E-state index in [4.69, 9.17) is 5.11 Å². The molecule has 2 rings (SSSR count). The van der Waals surface area contributed by atoms with E-state index in [1.54, 1.807) is 13.0 Å². The smallest absolute Gasteiger partial charge is 0.308 e. The molecule has 0 unspecified atom stereocenters. The van der Waals surface area contributed by atoms with Gasteiger partial charge in [0.25, 0.3) is 5.56 Å². The fourth-order valence-corrected chi connectivity index (χ4v) is 1.74. The van der Waals surface area contributed by atoms with Gasteiger partial charge in [-0.3, -0.25) is 14.7 Å². The molecule has 0 bridgehead atoms. The number of aromatic amines is 1. The Morgan fingerprint density at radius 3 is 2.72 bits per heavy atom. The Bertz CT molecular complexity index is 658. The van der Waals surface area contributed by atoms with Crippen molar-refractivity contribution in [3.8, 4) is 5.69 Å². The van der Waals surface area contributed by atoms with Gasteiger partial charge in [0.1, 0.15) is 11.5 Å². The lowest BCUT2D eigenvalue weighted by molar-refractivity contribution is -0.136. The standard InChI is InChI=1S/C12H11FN2O3/c1-7-8(6-11(16)17)12(18)15(14-7)10-5-3-2-4-9(10)13/h2-5,14H,6H2,1H3,(H,16,17). The molecule has 0 spiro atoms. The maximum absolute atomic E-state index is 13.6. The van der Waals surface area contributed by atoms with Crippen molar-refractivity contribution in [1.82, 2.24) is 9.78 Å². The molecule has 0 fully saturated rings. The molecule has 0 radical (unpaired) electrons. The average molecular weight is 250 g/mol. The third-order valence-corrected chi connectivity index (χ3v) is 2.61. The van der Waals surface area contributed by atoms with E-state index in [1.165, 1.54) is 18.2 Å². The van der Waals surface area contributed by atoms with Gasteiger partial charge in [-0.1, -0.05) is 12.1 Å². The van der Waals surface area contributed by atoms with Gasteiger partial charge in [-0.25, -0.2) is 9.07 Å². The fourth-order valence-electron chi connectivity index (χ4n) is 1.74. The minimum atomic E-state index is -1.10. The molecule has 0 amide bonds. The first-order valence-electron chi connectivity index (χ1n) is 5.28. The van der Waals surface area contributed by atoms with E-state index < -0.39 is 17.3 Å². The second-order valence-electron chi connectivity index (χ2n) is 3.88. The molecule has 6 heteroatoms. The number of benzene rings is 1. The number of carbonyl (C=O) groups is 1.